The van der Waals surface area contributed by atoms with Crippen molar-refractivity contribution in [2.45, 2.75) is 96.8 Å². The molecule has 2 aromatic carbocycles. The molecule has 2 fully saturated rings. The molecule has 0 unspecified atom stereocenters. The Labute approximate surface area is 196 Å². The summed E-state index contributed by atoms with van der Waals surface area (Å²) in [5.74, 6) is 3.90. The van der Waals surface area contributed by atoms with Gasteiger partial charge in [0.1, 0.15) is 0 Å². The van der Waals surface area contributed by atoms with E-state index in [0.29, 0.717) is 0 Å². The molecule has 0 aliphatic heterocycles. The quantitative estimate of drug-likeness (QED) is 0.301. The van der Waals surface area contributed by atoms with Crippen molar-refractivity contribution in [1.82, 2.24) is 0 Å². The smallest absolute Gasteiger partial charge is 0.159 e. The van der Waals surface area contributed by atoms with Gasteiger partial charge in [0.05, 0.1) is 0 Å². The fourth-order valence-corrected chi connectivity index (χ4v) is 6.40. The van der Waals surface area contributed by atoms with Gasteiger partial charge in [-0.15, -0.1) is 0 Å². The van der Waals surface area contributed by atoms with Gasteiger partial charge in [-0.25, -0.2) is 0 Å². The Morgan fingerprint density at radius 3 is 1.78 bits per heavy atom. The average molecular weight is 431 g/mol. The number of carbonyl (C=O) groups excluding carboxylic acids is 1. The molecule has 2 aliphatic rings. The number of hydrogen-bond donors (Lipinski definition) is 0. The third-order valence-electron chi connectivity index (χ3n) is 8.55. The highest BCUT2D eigenvalue weighted by Crippen LogP contribution is 2.44. The monoisotopic (exact) mass is 430 g/mol. The van der Waals surface area contributed by atoms with Crippen LogP contribution in [0.3, 0.4) is 0 Å². The van der Waals surface area contributed by atoms with Gasteiger partial charge in [-0.2, -0.15) is 0 Å². The summed E-state index contributed by atoms with van der Waals surface area (Å²) in [7, 11) is 0. The van der Waals surface area contributed by atoms with E-state index in [0.717, 1.165) is 29.2 Å². The summed E-state index contributed by atoms with van der Waals surface area (Å²) in [4.78, 5) is 11.5. The minimum absolute atomic E-state index is 0.127. The largest absolute Gasteiger partial charge is 0.295 e. The normalized spacial score (nSPS) is 26.1. The fourth-order valence-electron chi connectivity index (χ4n) is 6.40. The number of ketones is 1. The zero-order valence-electron chi connectivity index (χ0n) is 20.3. The molecule has 1 nitrogen and oxygen atoms in total. The lowest BCUT2D eigenvalue weighted by Crippen LogP contribution is -2.25. The van der Waals surface area contributed by atoms with E-state index >= 15 is 0 Å². The first kappa shape index (κ1) is 23.3. The molecule has 4 rings (SSSR count). The van der Waals surface area contributed by atoms with E-state index in [1.807, 2.05) is 12.1 Å². The molecule has 0 spiro atoms. The molecule has 32 heavy (non-hydrogen) atoms. The maximum atomic E-state index is 11.5. The van der Waals surface area contributed by atoms with Crippen LogP contribution in [-0.2, 0) is 0 Å². The van der Waals surface area contributed by atoms with Gasteiger partial charge in [-0.1, -0.05) is 94.0 Å². The molecule has 0 aromatic heterocycles. The minimum atomic E-state index is 0.127. The molecule has 0 radical (unpaired) electrons. The Morgan fingerprint density at radius 2 is 1.25 bits per heavy atom. The van der Waals surface area contributed by atoms with Crippen LogP contribution in [-0.4, -0.2) is 5.78 Å². The molecule has 0 bridgehead atoms. The van der Waals surface area contributed by atoms with Crippen LogP contribution in [0, 0.1) is 17.8 Å². The highest BCUT2D eigenvalue weighted by atomic mass is 16.1. The van der Waals surface area contributed by atoms with Crippen LogP contribution in [0.2, 0.25) is 0 Å². The minimum Gasteiger partial charge on any atom is -0.295 e. The van der Waals surface area contributed by atoms with E-state index in [-0.39, 0.29) is 5.78 Å². The number of Topliss-reactive ketones (excluding diaryl/α,β-unsaturated/α-hetero) is 1. The van der Waals surface area contributed by atoms with Gasteiger partial charge in [0.15, 0.2) is 5.78 Å². The molecule has 0 atom stereocenters. The van der Waals surface area contributed by atoms with E-state index in [2.05, 4.69) is 43.3 Å². The van der Waals surface area contributed by atoms with Crippen molar-refractivity contribution in [3.8, 4) is 11.1 Å². The van der Waals surface area contributed by atoms with E-state index in [1.54, 1.807) is 6.92 Å². The summed E-state index contributed by atoms with van der Waals surface area (Å²) in [6.45, 7) is 3.94. The van der Waals surface area contributed by atoms with Crippen LogP contribution in [0.5, 0.6) is 0 Å². The Kier molecular flexibility index (Phi) is 8.22. The topological polar surface area (TPSA) is 17.1 Å². The molecule has 2 saturated carbocycles. The summed E-state index contributed by atoms with van der Waals surface area (Å²) in [6.07, 6.45) is 17.4. The molecule has 2 aliphatic carbocycles. The van der Waals surface area contributed by atoms with Crippen molar-refractivity contribution < 1.29 is 4.79 Å². The average Bonchev–Trinajstić information content (AvgIpc) is 2.85. The Balaban J connectivity index is 1.25. The second-order valence-electron chi connectivity index (χ2n) is 10.6. The first-order chi connectivity index (χ1) is 15.6. The van der Waals surface area contributed by atoms with Crippen molar-refractivity contribution in [3.05, 3.63) is 59.7 Å². The van der Waals surface area contributed by atoms with Crippen molar-refractivity contribution in [3.63, 3.8) is 0 Å². The second kappa shape index (κ2) is 11.3. The summed E-state index contributed by atoms with van der Waals surface area (Å²) in [6, 6.07) is 17.2. The predicted octanol–water partition coefficient (Wildman–Crippen LogP) is 9.22. The summed E-state index contributed by atoms with van der Waals surface area (Å²) < 4.78 is 0. The first-order valence-corrected chi connectivity index (χ1v) is 13.4. The van der Waals surface area contributed by atoms with Gasteiger partial charge in [-0.05, 0) is 85.8 Å². The number of benzene rings is 2. The lowest BCUT2D eigenvalue weighted by atomic mass is 9.68. The fraction of sp³-hybridized carbons (Fsp3) is 0.581. The van der Waals surface area contributed by atoms with Crippen LogP contribution >= 0.6 is 0 Å². The zero-order chi connectivity index (χ0) is 22.3. The standard InChI is InChI=1S/C31H42O/c1-3-4-5-6-24-7-9-26(10-8-24)28-15-17-30(18-16-28)31-21-19-29(20-22-31)27-13-11-25(12-14-27)23(2)32/h11-14,19-22,24,26,28,30H,3-10,15-18H2,1-2H3. The highest BCUT2D eigenvalue weighted by Gasteiger charge is 2.31. The van der Waals surface area contributed by atoms with Crippen molar-refractivity contribution >= 4 is 5.78 Å². The van der Waals surface area contributed by atoms with Gasteiger partial charge < -0.3 is 0 Å². The lowest BCUT2D eigenvalue weighted by molar-refractivity contribution is 0.101. The van der Waals surface area contributed by atoms with Gasteiger partial charge in [0, 0.05) is 5.56 Å². The highest BCUT2D eigenvalue weighted by molar-refractivity contribution is 5.94. The van der Waals surface area contributed by atoms with Crippen molar-refractivity contribution in [2.75, 3.05) is 0 Å². The molecule has 172 valence electrons. The summed E-state index contributed by atoms with van der Waals surface area (Å²) in [5.41, 5.74) is 4.74. The van der Waals surface area contributed by atoms with Crippen molar-refractivity contribution in [1.29, 1.82) is 0 Å². The van der Waals surface area contributed by atoms with E-state index < -0.39 is 0 Å². The molecular weight excluding hydrogens is 388 g/mol. The van der Waals surface area contributed by atoms with Crippen LogP contribution in [0.15, 0.2) is 48.5 Å². The lowest BCUT2D eigenvalue weighted by Gasteiger charge is -2.38. The van der Waals surface area contributed by atoms with E-state index in [1.165, 1.54) is 93.7 Å². The Bertz CT molecular complexity index is 831. The number of carbonyl (C=O) groups is 1. The van der Waals surface area contributed by atoms with Crippen molar-refractivity contribution in [2.24, 2.45) is 17.8 Å². The third kappa shape index (κ3) is 5.91. The van der Waals surface area contributed by atoms with Gasteiger partial charge in [-0.3, -0.25) is 4.79 Å². The number of unbranched alkanes of at least 4 members (excludes halogenated alkanes) is 2. The molecule has 0 saturated heterocycles. The summed E-state index contributed by atoms with van der Waals surface area (Å²) in [5, 5.41) is 0. The van der Waals surface area contributed by atoms with Crippen LogP contribution < -0.4 is 0 Å². The van der Waals surface area contributed by atoms with Crippen LogP contribution in [0.1, 0.15) is 113 Å². The van der Waals surface area contributed by atoms with E-state index in [4.69, 9.17) is 0 Å². The maximum absolute atomic E-state index is 11.5. The molecule has 2 aromatic rings. The molecule has 0 heterocycles. The maximum Gasteiger partial charge on any atom is 0.159 e. The van der Waals surface area contributed by atoms with Gasteiger partial charge in [0.2, 0.25) is 0 Å². The Hall–Kier alpha value is -1.89. The molecule has 1 heteroatoms. The zero-order valence-corrected chi connectivity index (χ0v) is 20.3. The molecular formula is C31H42O. The Morgan fingerprint density at radius 1 is 0.719 bits per heavy atom. The molecule has 0 amide bonds. The number of rotatable bonds is 8. The molecule has 0 N–H and O–H groups in total. The SMILES string of the molecule is CCCCCC1CCC(C2CCC(c3ccc(-c4ccc(C(C)=O)cc4)cc3)CC2)CC1. The summed E-state index contributed by atoms with van der Waals surface area (Å²) >= 11 is 0. The number of hydrogen-bond acceptors (Lipinski definition) is 1. The van der Waals surface area contributed by atoms with Gasteiger partial charge >= 0.3 is 0 Å². The van der Waals surface area contributed by atoms with E-state index in [9.17, 15) is 4.79 Å². The van der Waals surface area contributed by atoms with Crippen LogP contribution in [0.25, 0.3) is 11.1 Å². The third-order valence-corrected chi connectivity index (χ3v) is 8.55. The van der Waals surface area contributed by atoms with Gasteiger partial charge in [0.25, 0.3) is 0 Å². The van der Waals surface area contributed by atoms with Crippen LogP contribution in [0.4, 0.5) is 0 Å². The second-order valence-corrected chi connectivity index (χ2v) is 10.6. The first-order valence-electron chi connectivity index (χ1n) is 13.4. The predicted molar refractivity (Wildman–Crippen MR) is 136 cm³/mol.